The fraction of sp³-hybridized carbons (Fsp3) is 0.667. The van der Waals surface area contributed by atoms with E-state index in [4.69, 9.17) is 0 Å². The summed E-state index contributed by atoms with van der Waals surface area (Å²) < 4.78 is 68.5. The molecule has 2 aliphatic rings. The van der Waals surface area contributed by atoms with Crippen LogP contribution in [0.5, 0.6) is 5.75 Å². The summed E-state index contributed by atoms with van der Waals surface area (Å²) in [6, 6.07) is 2.01. The molecule has 168 valence electrons. The molecule has 30 heavy (non-hydrogen) atoms. The van der Waals surface area contributed by atoms with Crippen LogP contribution in [0.4, 0.5) is 22.0 Å². The quantitative estimate of drug-likeness (QED) is 0.240. The van der Waals surface area contributed by atoms with Crippen molar-refractivity contribution in [3.8, 4) is 5.75 Å². The minimum absolute atomic E-state index is 0.0135. The van der Waals surface area contributed by atoms with Crippen LogP contribution in [0.3, 0.4) is 0 Å². The highest BCUT2D eigenvalue weighted by molar-refractivity contribution is 5.33. The Morgan fingerprint density at radius 1 is 0.900 bits per heavy atom. The van der Waals surface area contributed by atoms with Crippen molar-refractivity contribution >= 4 is 0 Å². The van der Waals surface area contributed by atoms with Crippen molar-refractivity contribution in [2.45, 2.75) is 82.9 Å². The van der Waals surface area contributed by atoms with Crippen LogP contribution in [0, 0.1) is 29.4 Å². The smallest absolute Gasteiger partial charge is 0.399 e. The second kappa shape index (κ2) is 10.1. The van der Waals surface area contributed by atoms with Gasteiger partial charge in [0.2, 0.25) is 5.75 Å². The van der Waals surface area contributed by atoms with E-state index in [0.29, 0.717) is 11.5 Å². The van der Waals surface area contributed by atoms with Gasteiger partial charge in [0.1, 0.15) is 0 Å². The maximum Gasteiger partial charge on any atom is 0.573 e. The third-order valence-corrected chi connectivity index (χ3v) is 7.06. The van der Waals surface area contributed by atoms with Gasteiger partial charge in [-0.05, 0) is 92.7 Å². The number of allylic oxidation sites excluding steroid dienone is 1. The largest absolute Gasteiger partial charge is 0.573 e. The molecule has 1 aromatic rings. The maximum atomic E-state index is 14.0. The molecule has 1 nitrogen and oxygen atoms in total. The van der Waals surface area contributed by atoms with Gasteiger partial charge in [-0.15, -0.1) is 19.8 Å². The fourth-order valence-electron chi connectivity index (χ4n) is 5.45. The first kappa shape index (κ1) is 23.1. The summed E-state index contributed by atoms with van der Waals surface area (Å²) in [5.74, 6) is -1.75. The summed E-state index contributed by atoms with van der Waals surface area (Å²) >= 11 is 0. The van der Waals surface area contributed by atoms with Gasteiger partial charge in [0.05, 0.1) is 0 Å². The molecule has 0 N–H and O–H groups in total. The SMILES string of the molecule is C=CCCC[C@H]1CC[C@H]([C@H]2CC[C@H](c3cc(F)c(OC(F)(F)F)c(F)c3)CC2)CC1. The number of ether oxygens (including phenoxy) is 1. The molecule has 0 amide bonds. The highest BCUT2D eigenvalue weighted by Gasteiger charge is 2.35. The first-order valence-electron chi connectivity index (χ1n) is 11.1. The molecule has 0 aliphatic heterocycles. The Labute approximate surface area is 175 Å². The predicted molar refractivity (Wildman–Crippen MR) is 107 cm³/mol. The van der Waals surface area contributed by atoms with Crippen molar-refractivity contribution in [1.82, 2.24) is 0 Å². The number of hydrogen-bond acceptors (Lipinski definition) is 1. The molecule has 0 radical (unpaired) electrons. The van der Waals surface area contributed by atoms with Crippen LogP contribution >= 0.6 is 0 Å². The van der Waals surface area contributed by atoms with Gasteiger partial charge in [-0.2, -0.15) is 0 Å². The van der Waals surface area contributed by atoms with E-state index in [1.54, 1.807) is 0 Å². The van der Waals surface area contributed by atoms with Crippen molar-refractivity contribution in [1.29, 1.82) is 0 Å². The van der Waals surface area contributed by atoms with E-state index >= 15 is 0 Å². The summed E-state index contributed by atoms with van der Waals surface area (Å²) in [7, 11) is 0. The Morgan fingerprint density at radius 3 is 1.93 bits per heavy atom. The number of rotatable bonds is 7. The summed E-state index contributed by atoms with van der Waals surface area (Å²) in [5, 5.41) is 0. The van der Waals surface area contributed by atoms with Crippen molar-refractivity contribution < 1.29 is 26.7 Å². The van der Waals surface area contributed by atoms with Gasteiger partial charge < -0.3 is 4.74 Å². The van der Waals surface area contributed by atoms with E-state index in [1.165, 1.54) is 38.5 Å². The Morgan fingerprint density at radius 2 is 1.43 bits per heavy atom. The molecule has 2 saturated carbocycles. The molecule has 2 aliphatic carbocycles. The first-order valence-corrected chi connectivity index (χ1v) is 11.1. The highest BCUT2D eigenvalue weighted by atomic mass is 19.4. The lowest BCUT2D eigenvalue weighted by molar-refractivity contribution is -0.276. The summed E-state index contributed by atoms with van der Waals surface area (Å²) in [5.41, 5.74) is 0.434. The van der Waals surface area contributed by atoms with Gasteiger partial charge in [-0.25, -0.2) is 8.78 Å². The molecule has 1 aromatic carbocycles. The molecule has 0 heterocycles. The Bertz CT molecular complexity index is 675. The van der Waals surface area contributed by atoms with Crippen LogP contribution in [0.2, 0.25) is 0 Å². The monoisotopic (exact) mass is 430 g/mol. The van der Waals surface area contributed by atoms with Crippen molar-refractivity contribution in [3.63, 3.8) is 0 Å². The highest BCUT2D eigenvalue weighted by Crippen LogP contribution is 2.45. The van der Waals surface area contributed by atoms with E-state index in [0.717, 1.165) is 56.1 Å². The molecular weight excluding hydrogens is 399 g/mol. The van der Waals surface area contributed by atoms with Crippen LogP contribution in [-0.2, 0) is 0 Å². The van der Waals surface area contributed by atoms with Gasteiger partial charge in [-0.3, -0.25) is 0 Å². The minimum Gasteiger partial charge on any atom is -0.399 e. The van der Waals surface area contributed by atoms with Gasteiger partial charge in [0, 0.05) is 0 Å². The molecule has 0 unspecified atom stereocenters. The lowest BCUT2D eigenvalue weighted by Gasteiger charge is -2.38. The standard InChI is InChI=1S/C24H31F5O/c1-2-3-4-5-16-6-8-17(9-7-16)18-10-12-19(13-11-18)20-14-21(25)23(22(26)15-20)30-24(27,28)29/h2,14-19H,1,3-13H2/t16-,17-,18-,19-. The van der Waals surface area contributed by atoms with Crippen LogP contribution in [0.25, 0.3) is 0 Å². The van der Waals surface area contributed by atoms with E-state index in [2.05, 4.69) is 11.3 Å². The Hall–Kier alpha value is -1.59. The Kier molecular flexibility index (Phi) is 7.81. The summed E-state index contributed by atoms with van der Waals surface area (Å²) in [4.78, 5) is 0. The van der Waals surface area contributed by atoms with Crippen LogP contribution in [-0.4, -0.2) is 6.36 Å². The van der Waals surface area contributed by atoms with E-state index in [9.17, 15) is 22.0 Å². The van der Waals surface area contributed by atoms with Crippen molar-refractivity contribution in [2.75, 3.05) is 0 Å². The number of halogens is 5. The zero-order valence-electron chi connectivity index (χ0n) is 17.3. The molecule has 0 bridgehead atoms. The second-order valence-corrected chi connectivity index (χ2v) is 8.97. The van der Waals surface area contributed by atoms with E-state index in [-0.39, 0.29) is 5.92 Å². The summed E-state index contributed by atoms with van der Waals surface area (Å²) in [6.45, 7) is 3.78. The van der Waals surface area contributed by atoms with Gasteiger partial charge >= 0.3 is 6.36 Å². The number of hydrogen-bond donors (Lipinski definition) is 0. The maximum absolute atomic E-state index is 14.0. The minimum atomic E-state index is -5.12. The van der Waals surface area contributed by atoms with E-state index in [1.807, 2.05) is 6.08 Å². The Balaban J connectivity index is 1.51. The van der Waals surface area contributed by atoms with Crippen LogP contribution < -0.4 is 4.74 Å². The zero-order chi connectivity index (χ0) is 21.7. The average molecular weight is 431 g/mol. The zero-order valence-corrected chi connectivity index (χ0v) is 17.3. The lowest BCUT2D eigenvalue weighted by Crippen LogP contribution is -2.25. The number of unbranched alkanes of at least 4 members (excludes halogenated alkanes) is 1. The fourth-order valence-corrected chi connectivity index (χ4v) is 5.45. The van der Waals surface area contributed by atoms with Gasteiger partial charge in [0.15, 0.2) is 11.6 Å². The van der Waals surface area contributed by atoms with Gasteiger partial charge in [-0.1, -0.05) is 25.3 Å². The third-order valence-electron chi connectivity index (χ3n) is 7.06. The average Bonchev–Trinajstić information content (AvgIpc) is 2.71. The molecule has 0 atom stereocenters. The number of alkyl halides is 3. The number of benzene rings is 1. The van der Waals surface area contributed by atoms with Gasteiger partial charge in [0.25, 0.3) is 0 Å². The van der Waals surface area contributed by atoms with Crippen LogP contribution in [0.1, 0.15) is 82.1 Å². The van der Waals surface area contributed by atoms with E-state index < -0.39 is 23.7 Å². The second-order valence-electron chi connectivity index (χ2n) is 8.97. The van der Waals surface area contributed by atoms with Crippen molar-refractivity contribution in [3.05, 3.63) is 42.0 Å². The van der Waals surface area contributed by atoms with Crippen molar-refractivity contribution in [2.24, 2.45) is 17.8 Å². The molecule has 3 rings (SSSR count). The predicted octanol–water partition coefficient (Wildman–Crippen LogP) is 8.30. The molecule has 6 heteroatoms. The molecule has 0 spiro atoms. The molecule has 2 fully saturated rings. The topological polar surface area (TPSA) is 9.23 Å². The molecule has 0 aromatic heterocycles. The lowest BCUT2D eigenvalue weighted by atomic mass is 9.68. The first-order chi connectivity index (χ1) is 14.3. The normalized spacial score (nSPS) is 27.6. The molecular formula is C24H31F5O. The molecule has 0 saturated heterocycles. The third kappa shape index (κ3) is 6.21. The van der Waals surface area contributed by atoms with Crippen LogP contribution in [0.15, 0.2) is 24.8 Å². The summed E-state index contributed by atoms with van der Waals surface area (Å²) in [6.07, 6.45) is 9.25.